The zero-order valence-electron chi connectivity index (χ0n) is 9.68. The Morgan fingerprint density at radius 3 is 3.00 bits per heavy atom. The summed E-state index contributed by atoms with van der Waals surface area (Å²) < 4.78 is 14.1. The van der Waals surface area contributed by atoms with Gasteiger partial charge in [-0.05, 0) is 30.3 Å². The van der Waals surface area contributed by atoms with Crippen molar-refractivity contribution >= 4 is 28.1 Å². The van der Waals surface area contributed by atoms with E-state index in [0.29, 0.717) is 5.56 Å². The molecule has 0 saturated heterocycles. The van der Waals surface area contributed by atoms with E-state index >= 15 is 0 Å². The van der Waals surface area contributed by atoms with Crippen molar-refractivity contribution in [1.29, 1.82) is 0 Å². The molecule has 1 N–H and O–H groups in total. The highest BCUT2D eigenvalue weighted by atomic mass is 79.9. The molecule has 0 radical (unpaired) electrons. The Morgan fingerprint density at radius 1 is 1.42 bits per heavy atom. The first-order valence-corrected chi connectivity index (χ1v) is 6.14. The van der Waals surface area contributed by atoms with Crippen molar-refractivity contribution in [2.45, 2.75) is 0 Å². The Morgan fingerprint density at radius 2 is 2.26 bits per heavy atom. The lowest BCUT2D eigenvalue weighted by atomic mass is 10.2. The molecule has 1 heterocycles. The lowest BCUT2D eigenvalue weighted by Gasteiger charge is -1.99. The van der Waals surface area contributed by atoms with Crippen LogP contribution in [-0.4, -0.2) is 17.1 Å². The van der Waals surface area contributed by atoms with E-state index in [0.717, 1.165) is 4.47 Å². The van der Waals surface area contributed by atoms with E-state index in [1.54, 1.807) is 30.5 Å². The summed E-state index contributed by atoms with van der Waals surface area (Å²) in [6.45, 7) is 0. The number of carbonyl (C=O) groups is 1. The van der Waals surface area contributed by atoms with E-state index in [4.69, 9.17) is 0 Å². The van der Waals surface area contributed by atoms with Gasteiger partial charge in [-0.3, -0.25) is 9.78 Å². The van der Waals surface area contributed by atoms with E-state index in [2.05, 4.69) is 31.4 Å². The first-order chi connectivity index (χ1) is 9.16. The van der Waals surface area contributed by atoms with Crippen molar-refractivity contribution in [3.63, 3.8) is 0 Å². The molecule has 0 aliphatic rings. The SMILES string of the molecule is O=C(N/N=C\c1cc(Br)ccc1F)c1cccnc1. The number of pyridine rings is 1. The molecule has 0 unspecified atom stereocenters. The summed E-state index contributed by atoms with van der Waals surface area (Å²) in [5, 5.41) is 3.71. The standard InChI is InChI=1S/C13H9BrFN3O/c14-11-3-4-12(15)10(6-11)8-17-18-13(19)9-2-1-5-16-7-9/h1-8H,(H,18,19)/b17-8-. The van der Waals surface area contributed by atoms with Crippen molar-refractivity contribution in [2.24, 2.45) is 5.10 Å². The predicted octanol–water partition coefficient (Wildman–Crippen LogP) is 2.75. The molecule has 2 rings (SSSR count). The normalized spacial score (nSPS) is 10.6. The van der Waals surface area contributed by atoms with Crippen LogP contribution in [0.1, 0.15) is 15.9 Å². The molecule has 0 saturated carbocycles. The molecule has 0 bridgehead atoms. The number of hydrazone groups is 1. The van der Waals surface area contributed by atoms with E-state index in [9.17, 15) is 9.18 Å². The fraction of sp³-hybridized carbons (Fsp3) is 0. The minimum absolute atomic E-state index is 0.279. The number of hydrogen-bond donors (Lipinski definition) is 1. The molecule has 1 aromatic heterocycles. The lowest BCUT2D eigenvalue weighted by Crippen LogP contribution is -2.17. The van der Waals surface area contributed by atoms with Gasteiger partial charge in [0.1, 0.15) is 5.82 Å². The number of aromatic nitrogens is 1. The smallest absolute Gasteiger partial charge is 0.267 e. The van der Waals surface area contributed by atoms with Crippen LogP contribution in [0.4, 0.5) is 4.39 Å². The zero-order chi connectivity index (χ0) is 13.7. The number of carbonyl (C=O) groups excluding carboxylic acids is 1. The van der Waals surface area contributed by atoms with E-state index in [1.165, 1.54) is 18.5 Å². The van der Waals surface area contributed by atoms with Crippen LogP contribution in [0.2, 0.25) is 0 Å². The maximum absolute atomic E-state index is 13.4. The van der Waals surface area contributed by atoms with Crippen LogP contribution in [0.25, 0.3) is 0 Å². The number of benzene rings is 1. The van der Waals surface area contributed by atoms with Crippen molar-refractivity contribution in [1.82, 2.24) is 10.4 Å². The van der Waals surface area contributed by atoms with Crippen LogP contribution in [0.5, 0.6) is 0 Å². The second-order valence-corrected chi connectivity index (χ2v) is 4.52. The summed E-state index contributed by atoms with van der Waals surface area (Å²) in [5.74, 6) is -0.817. The summed E-state index contributed by atoms with van der Waals surface area (Å²) >= 11 is 3.23. The van der Waals surface area contributed by atoms with Crippen molar-refractivity contribution < 1.29 is 9.18 Å². The molecule has 1 aromatic carbocycles. The Balaban J connectivity index is 2.04. The van der Waals surface area contributed by atoms with Gasteiger partial charge in [0.25, 0.3) is 5.91 Å². The maximum atomic E-state index is 13.4. The number of rotatable bonds is 3. The minimum atomic E-state index is -0.414. The molecule has 0 fully saturated rings. The second kappa shape index (κ2) is 6.19. The third-order valence-corrected chi connectivity index (χ3v) is 2.74. The molecule has 1 amide bonds. The summed E-state index contributed by atoms with van der Waals surface area (Å²) in [7, 11) is 0. The Labute approximate surface area is 117 Å². The first kappa shape index (κ1) is 13.4. The Hall–Kier alpha value is -2.08. The Bertz CT molecular complexity index is 617. The third kappa shape index (κ3) is 3.69. The van der Waals surface area contributed by atoms with Crippen LogP contribution in [0.3, 0.4) is 0 Å². The summed E-state index contributed by atoms with van der Waals surface area (Å²) in [6, 6.07) is 7.72. The molecule has 0 spiro atoms. The number of halogens is 2. The zero-order valence-corrected chi connectivity index (χ0v) is 11.3. The molecule has 19 heavy (non-hydrogen) atoms. The van der Waals surface area contributed by atoms with E-state index in [-0.39, 0.29) is 5.56 Å². The highest BCUT2D eigenvalue weighted by molar-refractivity contribution is 9.10. The van der Waals surface area contributed by atoms with Gasteiger partial charge in [-0.2, -0.15) is 5.10 Å². The topological polar surface area (TPSA) is 54.4 Å². The minimum Gasteiger partial charge on any atom is -0.267 e. The summed E-state index contributed by atoms with van der Waals surface area (Å²) in [5.41, 5.74) is 2.96. The molecule has 0 aliphatic carbocycles. The first-order valence-electron chi connectivity index (χ1n) is 5.35. The highest BCUT2D eigenvalue weighted by Gasteiger charge is 2.03. The van der Waals surface area contributed by atoms with Gasteiger partial charge in [0.05, 0.1) is 11.8 Å². The molecule has 6 heteroatoms. The predicted molar refractivity (Wildman–Crippen MR) is 73.4 cm³/mol. The van der Waals surface area contributed by atoms with E-state index < -0.39 is 11.7 Å². The van der Waals surface area contributed by atoms with Gasteiger partial charge in [0.2, 0.25) is 0 Å². The van der Waals surface area contributed by atoms with Gasteiger partial charge in [-0.15, -0.1) is 0 Å². The fourth-order valence-electron chi connectivity index (χ4n) is 1.34. The second-order valence-electron chi connectivity index (χ2n) is 3.61. The average molecular weight is 322 g/mol. The molecule has 2 aromatic rings. The third-order valence-electron chi connectivity index (χ3n) is 2.25. The van der Waals surface area contributed by atoms with Gasteiger partial charge in [0.15, 0.2) is 0 Å². The molecule has 96 valence electrons. The average Bonchev–Trinajstić information content (AvgIpc) is 2.43. The van der Waals surface area contributed by atoms with Crippen LogP contribution in [0.15, 0.2) is 52.3 Å². The molecule has 0 atom stereocenters. The number of hydrogen-bond acceptors (Lipinski definition) is 3. The largest absolute Gasteiger partial charge is 0.272 e. The molecular weight excluding hydrogens is 313 g/mol. The van der Waals surface area contributed by atoms with Crippen LogP contribution >= 0.6 is 15.9 Å². The van der Waals surface area contributed by atoms with Gasteiger partial charge in [-0.25, -0.2) is 9.82 Å². The fourth-order valence-corrected chi connectivity index (χ4v) is 1.71. The van der Waals surface area contributed by atoms with Crippen molar-refractivity contribution in [2.75, 3.05) is 0 Å². The van der Waals surface area contributed by atoms with Gasteiger partial charge in [-0.1, -0.05) is 15.9 Å². The molecule has 4 nitrogen and oxygen atoms in total. The molecular formula is C13H9BrFN3O. The van der Waals surface area contributed by atoms with Crippen LogP contribution < -0.4 is 5.43 Å². The van der Waals surface area contributed by atoms with Gasteiger partial charge in [0, 0.05) is 22.4 Å². The highest BCUT2D eigenvalue weighted by Crippen LogP contribution is 2.13. The maximum Gasteiger partial charge on any atom is 0.272 e. The number of nitrogens with zero attached hydrogens (tertiary/aromatic N) is 2. The number of amides is 1. The Kier molecular flexibility index (Phi) is 4.35. The molecule has 0 aliphatic heterocycles. The summed E-state index contributed by atoms with van der Waals surface area (Å²) in [6.07, 6.45) is 4.23. The summed E-state index contributed by atoms with van der Waals surface area (Å²) in [4.78, 5) is 15.4. The van der Waals surface area contributed by atoms with Crippen LogP contribution in [-0.2, 0) is 0 Å². The lowest BCUT2D eigenvalue weighted by molar-refractivity contribution is 0.0955. The van der Waals surface area contributed by atoms with Gasteiger partial charge >= 0.3 is 0 Å². The van der Waals surface area contributed by atoms with E-state index in [1.807, 2.05) is 0 Å². The van der Waals surface area contributed by atoms with Crippen molar-refractivity contribution in [3.8, 4) is 0 Å². The number of nitrogens with one attached hydrogen (secondary N) is 1. The quantitative estimate of drug-likeness (QED) is 0.698. The van der Waals surface area contributed by atoms with Crippen LogP contribution in [0, 0.1) is 5.82 Å². The van der Waals surface area contributed by atoms with Gasteiger partial charge < -0.3 is 0 Å². The monoisotopic (exact) mass is 321 g/mol. The van der Waals surface area contributed by atoms with Crippen molar-refractivity contribution in [3.05, 3.63) is 64.1 Å².